The predicted octanol–water partition coefficient (Wildman–Crippen LogP) is -0.0644. The summed E-state index contributed by atoms with van der Waals surface area (Å²) >= 11 is 0. The van der Waals surface area contributed by atoms with Crippen LogP contribution in [-0.2, 0) is 14.8 Å². The molecule has 9 heteroatoms. The number of hydrogen-bond donors (Lipinski definition) is 3. The van der Waals surface area contributed by atoms with Crippen LogP contribution in [-0.4, -0.2) is 38.6 Å². The Morgan fingerprint density at radius 2 is 2.05 bits per heavy atom. The molecule has 1 aromatic carbocycles. The van der Waals surface area contributed by atoms with Gasteiger partial charge in [-0.25, -0.2) is 18.4 Å². The first-order valence-electron chi connectivity index (χ1n) is 5.95. The number of carbonyl (C=O) groups excluding carboxylic acids is 1. The van der Waals surface area contributed by atoms with Crippen molar-refractivity contribution >= 4 is 21.9 Å². The number of carboxylic acid groups (broad SMARTS) is 1. The van der Waals surface area contributed by atoms with Gasteiger partial charge < -0.3 is 15.2 Å². The maximum absolute atomic E-state index is 12.1. The number of ether oxygens (including phenoxy) is 1. The van der Waals surface area contributed by atoms with Gasteiger partial charge in [-0.15, -0.1) is 0 Å². The molecule has 116 valence electrons. The highest BCUT2D eigenvalue weighted by Crippen LogP contribution is 2.22. The molecule has 1 unspecified atom stereocenters. The van der Waals surface area contributed by atoms with E-state index >= 15 is 0 Å². The van der Waals surface area contributed by atoms with E-state index in [0.717, 1.165) is 6.07 Å². The fourth-order valence-electron chi connectivity index (χ4n) is 1.62. The smallest absolute Gasteiger partial charge is 0.326 e. The SMILES string of the molecule is CCC(NC(=O)c1cc(S(N)(=O)=O)ccc1OC)C(=O)O. The van der Waals surface area contributed by atoms with Gasteiger partial charge in [-0.05, 0) is 24.6 Å². The van der Waals surface area contributed by atoms with Crippen molar-refractivity contribution in [2.24, 2.45) is 5.14 Å². The largest absolute Gasteiger partial charge is 0.496 e. The number of carbonyl (C=O) groups is 2. The highest BCUT2D eigenvalue weighted by atomic mass is 32.2. The number of carboxylic acids is 1. The van der Waals surface area contributed by atoms with E-state index in [2.05, 4.69) is 5.32 Å². The molecular weight excluding hydrogens is 300 g/mol. The third kappa shape index (κ3) is 4.17. The van der Waals surface area contributed by atoms with E-state index in [9.17, 15) is 18.0 Å². The topological polar surface area (TPSA) is 136 Å². The zero-order valence-corrected chi connectivity index (χ0v) is 12.3. The van der Waals surface area contributed by atoms with Gasteiger partial charge in [0.05, 0.1) is 17.6 Å². The van der Waals surface area contributed by atoms with Crippen LogP contribution in [0.1, 0.15) is 23.7 Å². The Balaban J connectivity index is 3.21. The summed E-state index contributed by atoms with van der Waals surface area (Å²) in [5.74, 6) is -1.83. The average molecular weight is 316 g/mol. The van der Waals surface area contributed by atoms with Crippen LogP contribution in [0.2, 0.25) is 0 Å². The monoisotopic (exact) mass is 316 g/mol. The molecule has 0 fully saturated rings. The van der Waals surface area contributed by atoms with Gasteiger partial charge >= 0.3 is 5.97 Å². The molecule has 1 aromatic rings. The van der Waals surface area contributed by atoms with E-state index in [0.29, 0.717) is 0 Å². The number of hydrogen-bond acceptors (Lipinski definition) is 5. The number of sulfonamides is 1. The van der Waals surface area contributed by atoms with Gasteiger partial charge in [-0.2, -0.15) is 0 Å². The van der Waals surface area contributed by atoms with Crippen LogP contribution < -0.4 is 15.2 Å². The molecule has 21 heavy (non-hydrogen) atoms. The molecule has 0 bridgehead atoms. The molecule has 8 nitrogen and oxygen atoms in total. The second-order valence-electron chi connectivity index (χ2n) is 4.18. The lowest BCUT2D eigenvalue weighted by Crippen LogP contribution is -2.40. The summed E-state index contributed by atoms with van der Waals surface area (Å²) in [5.41, 5.74) is -0.108. The summed E-state index contributed by atoms with van der Waals surface area (Å²) in [4.78, 5) is 22.7. The zero-order chi connectivity index (χ0) is 16.2. The molecule has 0 heterocycles. The van der Waals surface area contributed by atoms with Gasteiger partial charge in [0.2, 0.25) is 10.0 Å². The Kier molecular flexibility index (Phi) is 5.28. The standard InChI is InChI=1S/C12H16N2O6S/c1-3-9(12(16)17)14-11(15)8-6-7(21(13,18)19)4-5-10(8)20-2/h4-6,9H,3H2,1-2H3,(H,14,15)(H,16,17)(H2,13,18,19). The molecule has 0 saturated heterocycles. The Morgan fingerprint density at radius 1 is 1.43 bits per heavy atom. The molecule has 0 radical (unpaired) electrons. The number of amides is 1. The third-order valence-electron chi connectivity index (χ3n) is 2.76. The fraction of sp³-hybridized carbons (Fsp3) is 0.333. The van der Waals surface area contributed by atoms with E-state index in [1.54, 1.807) is 6.92 Å². The van der Waals surface area contributed by atoms with Crippen molar-refractivity contribution in [3.8, 4) is 5.75 Å². The zero-order valence-electron chi connectivity index (χ0n) is 11.5. The quantitative estimate of drug-likeness (QED) is 0.672. The first-order chi connectivity index (χ1) is 9.70. The molecule has 1 amide bonds. The molecule has 0 aromatic heterocycles. The molecule has 0 saturated carbocycles. The van der Waals surface area contributed by atoms with Crippen LogP contribution >= 0.6 is 0 Å². The van der Waals surface area contributed by atoms with Crippen LogP contribution in [0.4, 0.5) is 0 Å². The molecule has 0 spiro atoms. The maximum atomic E-state index is 12.1. The molecule has 0 aliphatic rings. The van der Waals surface area contributed by atoms with Crippen LogP contribution in [0.15, 0.2) is 23.1 Å². The molecule has 4 N–H and O–H groups in total. The van der Waals surface area contributed by atoms with Gasteiger partial charge in [0.25, 0.3) is 5.91 Å². The minimum atomic E-state index is -3.99. The second-order valence-corrected chi connectivity index (χ2v) is 5.74. The Morgan fingerprint density at radius 3 is 2.48 bits per heavy atom. The van der Waals surface area contributed by atoms with Gasteiger partial charge in [-0.3, -0.25) is 4.79 Å². The highest BCUT2D eigenvalue weighted by Gasteiger charge is 2.22. The number of nitrogens with two attached hydrogens (primary N) is 1. The normalized spacial score (nSPS) is 12.5. The van der Waals surface area contributed by atoms with Crippen LogP contribution in [0, 0.1) is 0 Å². The van der Waals surface area contributed by atoms with Crippen molar-refractivity contribution in [2.75, 3.05) is 7.11 Å². The van der Waals surface area contributed by atoms with E-state index in [1.165, 1.54) is 19.2 Å². The van der Waals surface area contributed by atoms with Gasteiger partial charge in [0.15, 0.2) is 0 Å². The van der Waals surface area contributed by atoms with Crippen molar-refractivity contribution in [3.63, 3.8) is 0 Å². The lowest BCUT2D eigenvalue weighted by molar-refractivity contribution is -0.139. The highest BCUT2D eigenvalue weighted by molar-refractivity contribution is 7.89. The van der Waals surface area contributed by atoms with Crippen LogP contribution in [0.5, 0.6) is 5.75 Å². The molecule has 0 aliphatic heterocycles. The summed E-state index contributed by atoms with van der Waals surface area (Å²) in [5, 5.41) is 16.2. The minimum Gasteiger partial charge on any atom is -0.496 e. The van der Waals surface area contributed by atoms with Gasteiger partial charge in [-0.1, -0.05) is 6.92 Å². The van der Waals surface area contributed by atoms with Crippen molar-refractivity contribution < 1.29 is 27.9 Å². The van der Waals surface area contributed by atoms with Gasteiger partial charge in [0.1, 0.15) is 11.8 Å². The Hall–Kier alpha value is -2.13. The van der Waals surface area contributed by atoms with E-state index in [4.69, 9.17) is 15.0 Å². The second kappa shape index (κ2) is 6.55. The number of methoxy groups -OCH3 is 1. The molecule has 1 rings (SSSR count). The average Bonchev–Trinajstić information content (AvgIpc) is 2.42. The number of nitrogens with one attached hydrogen (secondary N) is 1. The number of aliphatic carboxylic acids is 1. The van der Waals surface area contributed by atoms with E-state index in [1.807, 2.05) is 0 Å². The minimum absolute atomic E-state index is 0.108. The Bertz CT molecular complexity index is 656. The van der Waals surface area contributed by atoms with Crippen LogP contribution in [0.25, 0.3) is 0 Å². The van der Waals surface area contributed by atoms with Crippen molar-refractivity contribution in [3.05, 3.63) is 23.8 Å². The number of benzene rings is 1. The van der Waals surface area contributed by atoms with Crippen molar-refractivity contribution in [1.82, 2.24) is 5.32 Å². The third-order valence-corrected chi connectivity index (χ3v) is 3.67. The van der Waals surface area contributed by atoms with E-state index in [-0.39, 0.29) is 22.6 Å². The van der Waals surface area contributed by atoms with Crippen molar-refractivity contribution in [1.29, 1.82) is 0 Å². The molecule has 1 atom stereocenters. The first-order valence-corrected chi connectivity index (χ1v) is 7.49. The summed E-state index contributed by atoms with van der Waals surface area (Å²) in [6.07, 6.45) is 0.179. The maximum Gasteiger partial charge on any atom is 0.326 e. The number of primary sulfonamides is 1. The summed E-state index contributed by atoms with van der Waals surface area (Å²) in [7, 11) is -2.68. The van der Waals surface area contributed by atoms with Crippen LogP contribution in [0.3, 0.4) is 0 Å². The predicted molar refractivity (Wildman–Crippen MR) is 73.5 cm³/mol. The summed E-state index contributed by atoms with van der Waals surface area (Å²) in [6.45, 7) is 1.59. The van der Waals surface area contributed by atoms with Crippen molar-refractivity contribution in [2.45, 2.75) is 24.3 Å². The Labute approximate surface area is 122 Å². The fourth-order valence-corrected chi connectivity index (χ4v) is 2.16. The number of rotatable bonds is 6. The lowest BCUT2D eigenvalue weighted by Gasteiger charge is -2.14. The summed E-state index contributed by atoms with van der Waals surface area (Å²) in [6, 6.07) is 2.42. The lowest BCUT2D eigenvalue weighted by atomic mass is 10.1. The van der Waals surface area contributed by atoms with E-state index < -0.39 is 27.9 Å². The summed E-state index contributed by atoms with van der Waals surface area (Å²) < 4.78 is 27.6. The molecule has 0 aliphatic carbocycles. The van der Waals surface area contributed by atoms with Gasteiger partial charge in [0, 0.05) is 0 Å². The molecular formula is C12H16N2O6S. The first kappa shape index (κ1) is 16.9.